The fraction of sp³-hybridized carbons (Fsp3) is 0.727. The van der Waals surface area contributed by atoms with Gasteiger partial charge in [0, 0.05) is 24.7 Å². The van der Waals surface area contributed by atoms with E-state index in [1.807, 2.05) is 6.92 Å². The van der Waals surface area contributed by atoms with Crippen molar-refractivity contribution in [2.75, 3.05) is 6.54 Å². The Morgan fingerprint density at radius 3 is 2.72 bits per heavy atom. The first-order valence-corrected chi connectivity index (χ1v) is 7.68. The summed E-state index contributed by atoms with van der Waals surface area (Å²) in [6, 6.07) is 0.0650. The summed E-state index contributed by atoms with van der Waals surface area (Å²) < 4.78 is 24.6. The highest BCUT2D eigenvalue weighted by Gasteiger charge is 2.34. The standard InChI is InChI=1S/C11H20N4O2S/c1-4-10-7(2)11-5-9(14-18(12,16)17)6-15(11)8(3)13-10/h9-10,14H,4-6H2,1-3H3,(H2,12,16,17)/t9-,10+/m0/s1. The van der Waals surface area contributed by atoms with E-state index in [1.165, 1.54) is 11.3 Å². The summed E-state index contributed by atoms with van der Waals surface area (Å²) in [4.78, 5) is 6.72. The molecule has 0 amide bonds. The summed E-state index contributed by atoms with van der Waals surface area (Å²) in [6.07, 6.45) is 1.65. The molecule has 1 fully saturated rings. The number of rotatable bonds is 3. The van der Waals surface area contributed by atoms with Crippen LogP contribution in [0.5, 0.6) is 0 Å². The van der Waals surface area contributed by atoms with Crippen LogP contribution in [-0.4, -0.2) is 37.8 Å². The molecule has 7 heteroatoms. The van der Waals surface area contributed by atoms with Crippen LogP contribution >= 0.6 is 0 Å². The number of nitrogens with two attached hydrogens (primary N) is 1. The quantitative estimate of drug-likeness (QED) is 0.776. The number of aliphatic imine (C=N–C) groups is 1. The molecule has 6 nitrogen and oxygen atoms in total. The zero-order valence-electron chi connectivity index (χ0n) is 11.0. The van der Waals surface area contributed by atoms with Gasteiger partial charge in [-0.3, -0.25) is 4.99 Å². The van der Waals surface area contributed by atoms with E-state index < -0.39 is 10.2 Å². The van der Waals surface area contributed by atoms with Gasteiger partial charge in [-0.25, -0.2) is 5.14 Å². The van der Waals surface area contributed by atoms with Crippen molar-refractivity contribution in [3.63, 3.8) is 0 Å². The van der Waals surface area contributed by atoms with Crippen LogP contribution in [-0.2, 0) is 10.2 Å². The van der Waals surface area contributed by atoms with E-state index in [2.05, 4.69) is 28.5 Å². The molecule has 2 aliphatic heterocycles. The zero-order valence-corrected chi connectivity index (χ0v) is 11.8. The van der Waals surface area contributed by atoms with Crippen LogP contribution in [0.25, 0.3) is 0 Å². The van der Waals surface area contributed by atoms with E-state index >= 15 is 0 Å². The largest absolute Gasteiger partial charge is 0.332 e. The van der Waals surface area contributed by atoms with Gasteiger partial charge in [-0.15, -0.1) is 0 Å². The van der Waals surface area contributed by atoms with Crippen molar-refractivity contribution in [2.24, 2.45) is 10.1 Å². The lowest BCUT2D eigenvalue weighted by atomic mass is 10.0. The molecule has 0 aromatic heterocycles. The number of hydrogen-bond donors (Lipinski definition) is 2. The molecule has 0 unspecified atom stereocenters. The molecular weight excluding hydrogens is 252 g/mol. The summed E-state index contributed by atoms with van der Waals surface area (Å²) in [5.74, 6) is 0.959. The van der Waals surface area contributed by atoms with Crippen LogP contribution in [0.2, 0.25) is 0 Å². The minimum Gasteiger partial charge on any atom is -0.332 e. The van der Waals surface area contributed by atoms with Gasteiger partial charge >= 0.3 is 0 Å². The van der Waals surface area contributed by atoms with Crippen molar-refractivity contribution in [2.45, 2.75) is 45.7 Å². The van der Waals surface area contributed by atoms with Crippen LogP contribution in [0.3, 0.4) is 0 Å². The van der Waals surface area contributed by atoms with Crippen LogP contribution in [0.1, 0.15) is 33.6 Å². The Morgan fingerprint density at radius 1 is 1.50 bits per heavy atom. The van der Waals surface area contributed by atoms with Crippen molar-refractivity contribution in [1.82, 2.24) is 9.62 Å². The van der Waals surface area contributed by atoms with Gasteiger partial charge in [0.05, 0.1) is 6.04 Å². The normalized spacial score (nSPS) is 28.4. The molecule has 3 N–H and O–H groups in total. The molecule has 2 aliphatic rings. The Balaban J connectivity index is 2.23. The van der Waals surface area contributed by atoms with Crippen LogP contribution in [0.4, 0.5) is 0 Å². The van der Waals surface area contributed by atoms with E-state index in [-0.39, 0.29) is 12.1 Å². The Labute approximate surface area is 108 Å². The first-order chi connectivity index (χ1) is 8.31. The monoisotopic (exact) mass is 272 g/mol. The van der Waals surface area contributed by atoms with Gasteiger partial charge in [-0.1, -0.05) is 6.92 Å². The maximum atomic E-state index is 11.1. The van der Waals surface area contributed by atoms with Gasteiger partial charge in [0.1, 0.15) is 5.84 Å². The van der Waals surface area contributed by atoms with Crippen molar-refractivity contribution >= 4 is 16.0 Å². The van der Waals surface area contributed by atoms with E-state index in [0.717, 1.165) is 12.3 Å². The fourth-order valence-corrected chi connectivity index (χ4v) is 3.36. The highest BCUT2D eigenvalue weighted by molar-refractivity contribution is 7.87. The first kappa shape index (κ1) is 13.5. The molecule has 0 saturated carbocycles. The molecule has 0 aromatic carbocycles. The molecule has 0 bridgehead atoms. The molecule has 18 heavy (non-hydrogen) atoms. The highest BCUT2D eigenvalue weighted by atomic mass is 32.2. The van der Waals surface area contributed by atoms with E-state index in [4.69, 9.17) is 5.14 Å². The molecule has 0 aromatic rings. The summed E-state index contributed by atoms with van der Waals surface area (Å²) in [5, 5.41) is 5.02. The lowest BCUT2D eigenvalue weighted by Gasteiger charge is -2.29. The van der Waals surface area contributed by atoms with Gasteiger partial charge < -0.3 is 4.90 Å². The number of hydrogen-bond acceptors (Lipinski definition) is 4. The third kappa shape index (κ3) is 2.57. The van der Waals surface area contributed by atoms with Crippen LogP contribution < -0.4 is 9.86 Å². The van der Waals surface area contributed by atoms with E-state index in [1.54, 1.807) is 0 Å². The second-order valence-electron chi connectivity index (χ2n) is 4.90. The molecule has 0 spiro atoms. The molecule has 2 atom stereocenters. The third-order valence-electron chi connectivity index (χ3n) is 3.57. The van der Waals surface area contributed by atoms with Crippen molar-refractivity contribution in [3.8, 4) is 0 Å². The Hall–Kier alpha value is -0.920. The van der Waals surface area contributed by atoms with Crippen LogP contribution in [0.15, 0.2) is 16.3 Å². The highest BCUT2D eigenvalue weighted by Crippen LogP contribution is 2.32. The maximum Gasteiger partial charge on any atom is 0.274 e. The maximum absolute atomic E-state index is 11.1. The molecule has 1 saturated heterocycles. The van der Waals surface area contributed by atoms with Crippen molar-refractivity contribution in [1.29, 1.82) is 0 Å². The van der Waals surface area contributed by atoms with Crippen molar-refractivity contribution < 1.29 is 8.42 Å². The SMILES string of the molecule is CC[C@H]1N=C(C)N2C[C@@H](NS(N)(=O)=O)CC2=C1C. The minimum atomic E-state index is -3.64. The molecule has 2 rings (SSSR count). The van der Waals surface area contributed by atoms with Crippen LogP contribution in [0, 0.1) is 0 Å². The number of nitrogens with zero attached hydrogens (tertiary/aromatic N) is 2. The lowest BCUT2D eigenvalue weighted by molar-refractivity contribution is 0.504. The van der Waals surface area contributed by atoms with Gasteiger partial charge in [-0.2, -0.15) is 13.1 Å². The average molecular weight is 272 g/mol. The zero-order chi connectivity index (χ0) is 13.5. The lowest BCUT2D eigenvalue weighted by Crippen LogP contribution is -2.41. The summed E-state index contributed by atoms with van der Waals surface area (Å²) in [5.41, 5.74) is 2.43. The van der Waals surface area contributed by atoms with E-state index in [0.29, 0.717) is 13.0 Å². The minimum absolute atomic E-state index is 0.161. The fourth-order valence-electron chi connectivity index (χ4n) is 2.73. The molecule has 0 radical (unpaired) electrons. The third-order valence-corrected chi connectivity index (χ3v) is 4.24. The van der Waals surface area contributed by atoms with E-state index in [9.17, 15) is 8.42 Å². The number of nitrogens with one attached hydrogen (secondary N) is 1. The topological polar surface area (TPSA) is 87.8 Å². The summed E-state index contributed by atoms with van der Waals surface area (Å²) in [7, 11) is -3.64. The predicted molar refractivity (Wildman–Crippen MR) is 71.2 cm³/mol. The molecule has 102 valence electrons. The average Bonchev–Trinajstić information content (AvgIpc) is 2.65. The summed E-state index contributed by atoms with van der Waals surface area (Å²) in [6.45, 7) is 6.76. The van der Waals surface area contributed by atoms with Gasteiger partial charge in [-0.05, 0) is 25.8 Å². The molecular formula is C11H20N4O2S. The summed E-state index contributed by atoms with van der Waals surface area (Å²) >= 11 is 0. The second kappa shape index (κ2) is 4.64. The second-order valence-corrected chi connectivity index (χ2v) is 6.23. The Kier molecular flexibility index (Phi) is 3.48. The van der Waals surface area contributed by atoms with Gasteiger partial charge in [0.25, 0.3) is 10.2 Å². The van der Waals surface area contributed by atoms with Gasteiger partial charge in [0.2, 0.25) is 0 Å². The molecule has 2 heterocycles. The number of fused-ring (bicyclic) bond motifs is 1. The van der Waals surface area contributed by atoms with Crippen molar-refractivity contribution in [3.05, 3.63) is 11.3 Å². The van der Waals surface area contributed by atoms with Gasteiger partial charge in [0.15, 0.2) is 0 Å². The predicted octanol–water partition coefficient (Wildman–Crippen LogP) is 0.338. The number of amidine groups is 1. The first-order valence-electron chi connectivity index (χ1n) is 6.13. The Bertz CT molecular complexity index is 509. The Morgan fingerprint density at radius 2 is 2.17 bits per heavy atom. The smallest absolute Gasteiger partial charge is 0.274 e. The molecule has 0 aliphatic carbocycles.